The average Bonchev–Trinajstić information content (AvgIpc) is 2.59. The summed E-state index contributed by atoms with van der Waals surface area (Å²) in [4.78, 5) is 16.7. The van der Waals surface area contributed by atoms with Gasteiger partial charge in [0.2, 0.25) is 5.91 Å². The number of hydrogen-bond acceptors (Lipinski definition) is 7. The molecular formula is C19H22N5O3-. The third kappa shape index (κ3) is 5.67. The summed E-state index contributed by atoms with van der Waals surface area (Å²) in [5.41, 5.74) is 1.67. The van der Waals surface area contributed by atoms with Crippen LogP contribution in [0.25, 0.3) is 0 Å². The van der Waals surface area contributed by atoms with Crippen molar-refractivity contribution in [3.63, 3.8) is 0 Å². The van der Waals surface area contributed by atoms with E-state index in [4.69, 9.17) is 10.5 Å². The van der Waals surface area contributed by atoms with Crippen LogP contribution < -0.4 is 15.9 Å². The number of anilines is 3. The molecule has 1 aromatic carbocycles. The summed E-state index contributed by atoms with van der Waals surface area (Å²) in [5, 5.41) is 34.0. The van der Waals surface area contributed by atoms with E-state index in [-0.39, 0.29) is 34.3 Å². The van der Waals surface area contributed by atoms with Crippen molar-refractivity contribution in [1.82, 2.24) is 4.98 Å². The molecule has 27 heavy (non-hydrogen) atoms. The Kier molecular flexibility index (Phi) is 6.34. The molecule has 0 saturated heterocycles. The Labute approximate surface area is 158 Å². The van der Waals surface area contributed by atoms with Crippen LogP contribution in [0.2, 0.25) is 0 Å². The number of rotatable bonds is 6. The molecule has 0 aliphatic carbocycles. The van der Waals surface area contributed by atoms with Gasteiger partial charge in [0, 0.05) is 17.5 Å². The van der Waals surface area contributed by atoms with Crippen LogP contribution in [0, 0.1) is 16.7 Å². The molecule has 1 aromatic heterocycles. The van der Waals surface area contributed by atoms with E-state index in [0.717, 1.165) is 11.3 Å². The fourth-order valence-electron chi connectivity index (χ4n) is 2.45. The topological polar surface area (TPSA) is 124 Å². The number of hydrogen-bond donors (Lipinski definition) is 3. The van der Waals surface area contributed by atoms with E-state index >= 15 is 0 Å². The van der Waals surface area contributed by atoms with Gasteiger partial charge in [0.25, 0.3) is 0 Å². The van der Waals surface area contributed by atoms with E-state index in [0.29, 0.717) is 12.2 Å². The van der Waals surface area contributed by atoms with Crippen LogP contribution in [-0.2, 0) is 16.6 Å². The number of carbonyl (C=O) groups excluding carboxylic acids is 1. The highest BCUT2D eigenvalue weighted by atomic mass is 16.8. The fourth-order valence-corrected chi connectivity index (χ4v) is 2.45. The monoisotopic (exact) mass is 368 g/mol. The van der Waals surface area contributed by atoms with Gasteiger partial charge in [-0.25, -0.2) is 4.98 Å². The van der Waals surface area contributed by atoms with Gasteiger partial charge in [0.15, 0.2) is 6.19 Å². The van der Waals surface area contributed by atoms with Crippen LogP contribution >= 0.6 is 0 Å². The van der Waals surface area contributed by atoms with E-state index in [1.165, 1.54) is 12.1 Å². The molecule has 8 nitrogen and oxygen atoms in total. The van der Waals surface area contributed by atoms with Gasteiger partial charge in [-0.3, -0.25) is 15.3 Å². The van der Waals surface area contributed by atoms with Crippen LogP contribution in [0.3, 0.4) is 0 Å². The molecular weight excluding hydrogens is 346 g/mol. The fraction of sp³-hybridized carbons (Fsp3) is 0.316. The second-order valence-corrected chi connectivity index (χ2v) is 7.07. The van der Waals surface area contributed by atoms with Crippen molar-refractivity contribution < 1.29 is 10.0 Å². The zero-order valence-corrected chi connectivity index (χ0v) is 15.5. The number of benzene rings is 1. The molecule has 142 valence electrons. The number of nitriles is 1. The number of amides is 1. The number of carbonyl (C=O) groups is 1. The Morgan fingerprint density at radius 3 is 2.67 bits per heavy atom. The van der Waals surface area contributed by atoms with Crippen LogP contribution in [0.4, 0.5) is 17.2 Å². The summed E-state index contributed by atoms with van der Waals surface area (Å²) in [6.45, 7) is 6.05. The molecule has 8 heteroatoms. The Hall–Kier alpha value is -3.15. The molecule has 0 atom stereocenters. The maximum atomic E-state index is 12.3. The molecule has 0 bridgehead atoms. The van der Waals surface area contributed by atoms with E-state index in [9.17, 15) is 10.0 Å². The first-order valence-electron chi connectivity index (χ1n) is 8.42. The predicted molar refractivity (Wildman–Crippen MR) is 103 cm³/mol. The lowest BCUT2D eigenvalue weighted by molar-refractivity contribution is -0.116. The van der Waals surface area contributed by atoms with Crippen LogP contribution in [0.15, 0.2) is 36.4 Å². The summed E-state index contributed by atoms with van der Waals surface area (Å²) >= 11 is 0. The SMILES string of the molecule is CC(C)(C)c1cc(CCC(=O)Nc2ccccc2N([O-])O)cc(NC#N)n1. The third-order valence-electron chi connectivity index (χ3n) is 3.86. The van der Waals surface area contributed by atoms with Crippen molar-refractivity contribution in [3.05, 3.63) is 52.9 Å². The lowest BCUT2D eigenvalue weighted by Crippen LogP contribution is -2.17. The van der Waals surface area contributed by atoms with Crippen molar-refractivity contribution in [2.75, 3.05) is 15.9 Å². The quantitative estimate of drug-likeness (QED) is 0.404. The Balaban J connectivity index is 2.11. The van der Waals surface area contributed by atoms with E-state index in [1.54, 1.807) is 18.2 Å². The van der Waals surface area contributed by atoms with Gasteiger partial charge < -0.3 is 15.8 Å². The number of nitrogens with one attached hydrogen (secondary N) is 2. The van der Waals surface area contributed by atoms with E-state index in [1.807, 2.05) is 33.0 Å². The van der Waals surface area contributed by atoms with Crippen molar-refractivity contribution in [2.45, 2.75) is 39.0 Å². The first-order valence-corrected chi connectivity index (χ1v) is 8.42. The third-order valence-corrected chi connectivity index (χ3v) is 3.86. The van der Waals surface area contributed by atoms with Gasteiger partial charge >= 0.3 is 0 Å². The van der Waals surface area contributed by atoms with Crippen LogP contribution in [0.5, 0.6) is 0 Å². The minimum atomic E-state index is -0.298. The summed E-state index contributed by atoms with van der Waals surface area (Å²) < 4.78 is 0. The summed E-state index contributed by atoms with van der Waals surface area (Å²) in [5.74, 6) is 0.140. The second kappa shape index (κ2) is 8.49. The van der Waals surface area contributed by atoms with Gasteiger partial charge in [0.05, 0.1) is 11.4 Å². The lowest BCUT2D eigenvalue weighted by atomic mass is 9.90. The molecule has 0 radical (unpaired) electrons. The van der Waals surface area contributed by atoms with Gasteiger partial charge in [0.1, 0.15) is 5.82 Å². The smallest absolute Gasteiger partial charge is 0.224 e. The molecule has 1 heterocycles. The Morgan fingerprint density at radius 1 is 1.33 bits per heavy atom. The van der Waals surface area contributed by atoms with Crippen molar-refractivity contribution in [2.24, 2.45) is 0 Å². The highest BCUT2D eigenvalue weighted by Crippen LogP contribution is 2.25. The standard InChI is InChI=1S/C19H22N5O3/c1-19(2,3)16-10-13(11-17(23-16)21-12-20)8-9-18(25)22-14-6-4-5-7-15(14)24(26)27/h4-7,10-11,26H,8-9H2,1-3H3,(H,21,23)(H,22,25)/q-1. The number of para-hydroxylation sites is 2. The number of pyridine rings is 1. The van der Waals surface area contributed by atoms with Crippen molar-refractivity contribution >= 4 is 23.1 Å². The van der Waals surface area contributed by atoms with Crippen LogP contribution in [0.1, 0.15) is 38.4 Å². The van der Waals surface area contributed by atoms with Gasteiger partial charge in [-0.05, 0) is 36.2 Å². The van der Waals surface area contributed by atoms with E-state index < -0.39 is 0 Å². The molecule has 1 amide bonds. The van der Waals surface area contributed by atoms with E-state index in [2.05, 4.69) is 15.6 Å². The first-order chi connectivity index (χ1) is 12.7. The minimum absolute atomic E-state index is 0.0368. The molecule has 0 saturated carbocycles. The predicted octanol–water partition coefficient (Wildman–Crippen LogP) is 3.54. The summed E-state index contributed by atoms with van der Waals surface area (Å²) in [6, 6.07) is 9.82. The normalized spacial score (nSPS) is 10.8. The number of nitrogens with zero attached hydrogens (tertiary/aromatic N) is 3. The Morgan fingerprint density at radius 2 is 2.04 bits per heavy atom. The Bertz CT molecular complexity index is 853. The first kappa shape index (κ1) is 20.2. The molecule has 0 spiro atoms. The highest BCUT2D eigenvalue weighted by Gasteiger charge is 2.17. The molecule has 0 aliphatic rings. The van der Waals surface area contributed by atoms with Crippen LogP contribution in [-0.4, -0.2) is 16.1 Å². The molecule has 3 N–H and O–H groups in total. The maximum Gasteiger partial charge on any atom is 0.224 e. The number of aromatic nitrogens is 1. The summed E-state index contributed by atoms with van der Waals surface area (Å²) in [7, 11) is 0. The second-order valence-electron chi connectivity index (χ2n) is 7.07. The zero-order chi connectivity index (χ0) is 20.0. The van der Waals surface area contributed by atoms with Gasteiger partial charge in [-0.15, -0.1) is 0 Å². The maximum absolute atomic E-state index is 12.3. The molecule has 0 fully saturated rings. The molecule has 0 unspecified atom stereocenters. The molecule has 2 rings (SSSR count). The molecule has 0 aliphatic heterocycles. The highest BCUT2D eigenvalue weighted by molar-refractivity contribution is 5.94. The summed E-state index contributed by atoms with van der Waals surface area (Å²) in [6.07, 6.45) is 2.45. The number of aryl methyl sites for hydroxylation is 1. The average molecular weight is 368 g/mol. The minimum Gasteiger partial charge on any atom is -0.733 e. The van der Waals surface area contributed by atoms with Gasteiger partial charge in [-0.2, -0.15) is 5.26 Å². The zero-order valence-electron chi connectivity index (χ0n) is 15.5. The van der Waals surface area contributed by atoms with Gasteiger partial charge in [-0.1, -0.05) is 32.9 Å². The lowest BCUT2D eigenvalue weighted by Gasteiger charge is -2.24. The van der Waals surface area contributed by atoms with Crippen molar-refractivity contribution in [1.29, 1.82) is 5.26 Å². The molecule has 2 aromatic rings. The largest absolute Gasteiger partial charge is 0.733 e. The van der Waals surface area contributed by atoms with Crippen molar-refractivity contribution in [3.8, 4) is 6.19 Å².